The zero-order valence-electron chi connectivity index (χ0n) is 10.9. The van der Waals surface area contributed by atoms with Gasteiger partial charge in [0.05, 0.1) is 0 Å². The third-order valence-corrected chi connectivity index (χ3v) is 4.60. The van der Waals surface area contributed by atoms with Gasteiger partial charge in [-0.3, -0.25) is 4.90 Å². The molecule has 1 fully saturated rings. The molecule has 0 aromatic rings. The third kappa shape index (κ3) is 3.36. The second-order valence-electron chi connectivity index (χ2n) is 4.78. The van der Waals surface area contributed by atoms with E-state index in [9.17, 15) is 0 Å². The van der Waals surface area contributed by atoms with Crippen LogP contribution >= 0.6 is 11.8 Å². The van der Waals surface area contributed by atoms with E-state index in [-0.39, 0.29) is 5.54 Å². The molecular weight excluding hydrogens is 220 g/mol. The van der Waals surface area contributed by atoms with Crippen LogP contribution in [0.15, 0.2) is 0 Å². The van der Waals surface area contributed by atoms with Crippen LogP contribution in [0.2, 0.25) is 0 Å². The fourth-order valence-electron chi connectivity index (χ4n) is 2.40. The molecule has 1 heterocycles. The molecule has 1 aliphatic rings. The highest BCUT2D eigenvalue weighted by Crippen LogP contribution is 2.28. The van der Waals surface area contributed by atoms with Crippen molar-refractivity contribution < 1.29 is 4.74 Å². The molecule has 0 spiro atoms. The number of likely N-dealkylation sites (N-methyl/N-ethyl adjacent to an activating group) is 1. The van der Waals surface area contributed by atoms with Crippen molar-refractivity contribution in [3.63, 3.8) is 0 Å². The van der Waals surface area contributed by atoms with Crippen LogP contribution in [0, 0.1) is 0 Å². The van der Waals surface area contributed by atoms with E-state index in [4.69, 9.17) is 10.5 Å². The van der Waals surface area contributed by atoms with Crippen LogP contribution in [-0.2, 0) is 4.74 Å². The lowest BCUT2D eigenvalue weighted by Gasteiger charge is -2.46. The van der Waals surface area contributed by atoms with Crippen LogP contribution in [-0.4, -0.2) is 55.3 Å². The predicted octanol–water partition coefficient (Wildman–Crippen LogP) is 1.57. The molecule has 1 unspecified atom stereocenters. The van der Waals surface area contributed by atoms with Crippen molar-refractivity contribution in [3.05, 3.63) is 0 Å². The van der Waals surface area contributed by atoms with E-state index in [1.807, 2.05) is 11.8 Å². The summed E-state index contributed by atoms with van der Waals surface area (Å²) < 4.78 is 5.45. The third-order valence-electron chi connectivity index (χ3n) is 3.95. The van der Waals surface area contributed by atoms with Gasteiger partial charge in [-0.25, -0.2) is 0 Å². The van der Waals surface area contributed by atoms with Gasteiger partial charge in [0.2, 0.25) is 0 Å². The van der Waals surface area contributed by atoms with Crippen molar-refractivity contribution in [3.8, 4) is 0 Å². The van der Waals surface area contributed by atoms with Gasteiger partial charge in [0, 0.05) is 31.3 Å². The molecule has 1 rings (SSSR count). The molecule has 0 aromatic heterocycles. The molecule has 3 nitrogen and oxygen atoms in total. The van der Waals surface area contributed by atoms with E-state index in [2.05, 4.69) is 25.1 Å². The van der Waals surface area contributed by atoms with Gasteiger partial charge in [-0.15, -0.1) is 0 Å². The first-order chi connectivity index (χ1) is 7.66. The summed E-state index contributed by atoms with van der Waals surface area (Å²) in [6.07, 6.45) is 5.55. The summed E-state index contributed by atoms with van der Waals surface area (Å²) in [6, 6.07) is 0.606. The Kier molecular flexibility index (Phi) is 6.11. The highest BCUT2D eigenvalue weighted by atomic mass is 32.2. The van der Waals surface area contributed by atoms with Gasteiger partial charge >= 0.3 is 0 Å². The first-order valence-electron chi connectivity index (χ1n) is 6.16. The molecule has 1 saturated heterocycles. The smallest absolute Gasteiger partial charge is 0.0484 e. The predicted molar refractivity (Wildman–Crippen MR) is 72.1 cm³/mol. The zero-order chi connectivity index (χ0) is 12.0. The topological polar surface area (TPSA) is 38.5 Å². The SMILES string of the molecule is CSCCC(C)N(C)C1(CN)CCOCC1. The molecule has 2 N–H and O–H groups in total. The molecule has 0 radical (unpaired) electrons. The summed E-state index contributed by atoms with van der Waals surface area (Å²) in [5, 5.41) is 0. The lowest BCUT2D eigenvalue weighted by molar-refractivity contribution is -0.0279. The Morgan fingerprint density at radius 2 is 2.06 bits per heavy atom. The monoisotopic (exact) mass is 246 g/mol. The number of hydrogen-bond donors (Lipinski definition) is 1. The maximum atomic E-state index is 6.00. The maximum Gasteiger partial charge on any atom is 0.0484 e. The molecule has 0 bridgehead atoms. The van der Waals surface area contributed by atoms with Gasteiger partial charge in [-0.2, -0.15) is 11.8 Å². The molecule has 16 heavy (non-hydrogen) atoms. The summed E-state index contributed by atoms with van der Waals surface area (Å²) in [5.41, 5.74) is 6.18. The van der Waals surface area contributed by atoms with E-state index < -0.39 is 0 Å². The Labute approximate surface area is 104 Å². The van der Waals surface area contributed by atoms with Gasteiger partial charge in [-0.1, -0.05) is 0 Å². The van der Waals surface area contributed by atoms with Crippen LogP contribution in [0.5, 0.6) is 0 Å². The van der Waals surface area contributed by atoms with Gasteiger partial charge < -0.3 is 10.5 Å². The molecule has 4 heteroatoms. The van der Waals surface area contributed by atoms with Gasteiger partial charge in [0.1, 0.15) is 0 Å². The van der Waals surface area contributed by atoms with Crippen LogP contribution in [0.4, 0.5) is 0 Å². The lowest BCUT2D eigenvalue weighted by atomic mass is 9.87. The number of rotatable bonds is 6. The molecule has 1 aliphatic heterocycles. The van der Waals surface area contributed by atoms with Crippen molar-refractivity contribution in [1.82, 2.24) is 4.90 Å². The summed E-state index contributed by atoms with van der Waals surface area (Å²) >= 11 is 1.92. The van der Waals surface area contributed by atoms with E-state index in [0.29, 0.717) is 6.04 Å². The minimum absolute atomic E-state index is 0.177. The Bertz CT molecular complexity index is 195. The zero-order valence-corrected chi connectivity index (χ0v) is 11.7. The summed E-state index contributed by atoms with van der Waals surface area (Å²) in [5.74, 6) is 1.22. The highest BCUT2D eigenvalue weighted by Gasteiger charge is 2.37. The Hall–Kier alpha value is 0.230. The van der Waals surface area contributed by atoms with Crippen molar-refractivity contribution in [2.75, 3.05) is 38.8 Å². The number of nitrogens with zero attached hydrogens (tertiary/aromatic N) is 1. The Morgan fingerprint density at radius 1 is 1.44 bits per heavy atom. The van der Waals surface area contributed by atoms with Crippen molar-refractivity contribution >= 4 is 11.8 Å². The fraction of sp³-hybridized carbons (Fsp3) is 1.00. The van der Waals surface area contributed by atoms with E-state index >= 15 is 0 Å². The average Bonchev–Trinajstić information content (AvgIpc) is 2.35. The lowest BCUT2D eigenvalue weighted by Crippen LogP contribution is -2.58. The molecule has 0 amide bonds. The Balaban J connectivity index is 2.56. The van der Waals surface area contributed by atoms with Gasteiger partial charge in [0.15, 0.2) is 0 Å². The van der Waals surface area contributed by atoms with Crippen molar-refractivity contribution in [1.29, 1.82) is 0 Å². The number of hydrogen-bond acceptors (Lipinski definition) is 4. The fourth-order valence-corrected chi connectivity index (χ4v) is 2.98. The molecular formula is C12H26N2OS. The van der Waals surface area contributed by atoms with Crippen LogP contribution in [0.3, 0.4) is 0 Å². The van der Waals surface area contributed by atoms with E-state index in [1.165, 1.54) is 12.2 Å². The Morgan fingerprint density at radius 3 is 2.56 bits per heavy atom. The van der Waals surface area contributed by atoms with E-state index in [1.54, 1.807) is 0 Å². The summed E-state index contributed by atoms with van der Waals surface area (Å²) in [6.45, 7) is 4.77. The first-order valence-corrected chi connectivity index (χ1v) is 7.55. The number of thioether (sulfide) groups is 1. The van der Waals surface area contributed by atoms with Gasteiger partial charge in [0.25, 0.3) is 0 Å². The average molecular weight is 246 g/mol. The number of nitrogens with two attached hydrogens (primary N) is 1. The molecule has 0 aliphatic carbocycles. The highest BCUT2D eigenvalue weighted by molar-refractivity contribution is 7.98. The van der Waals surface area contributed by atoms with Crippen LogP contribution < -0.4 is 5.73 Å². The second-order valence-corrected chi connectivity index (χ2v) is 5.77. The molecule has 0 saturated carbocycles. The van der Waals surface area contributed by atoms with Crippen molar-refractivity contribution in [2.45, 2.75) is 37.8 Å². The number of ether oxygens (including phenoxy) is 1. The summed E-state index contributed by atoms with van der Waals surface area (Å²) in [7, 11) is 2.23. The first kappa shape index (κ1) is 14.3. The molecule has 1 atom stereocenters. The second kappa shape index (κ2) is 6.84. The normalized spacial score (nSPS) is 22.3. The molecule has 0 aromatic carbocycles. The minimum atomic E-state index is 0.177. The van der Waals surface area contributed by atoms with Crippen LogP contribution in [0.25, 0.3) is 0 Å². The minimum Gasteiger partial charge on any atom is -0.381 e. The molecule has 96 valence electrons. The van der Waals surface area contributed by atoms with E-state index in [0.717, 1.165) is 32.6 Å². The van der Waals surface area contributed by atoms with Crippen LogP contribution in [0.1, 0.15) is 26.2 Å². The summed E-state index contributed by atoms with van der Waals surface area (Å²) in [4.78, 5) is 2.49. The maximum absolute atomic E-state index is 6.00. The van der Waals surface area contributed by atoms with Gasteiger partial charge in [-0.05, 0) is 45.2 Å². The quantitative estimate of drug-likeness (QED) is 0.772. The largest absolute Gasteiger partial charge is 0.381 e. The van der Waals surface area contributed by atoms with Crippen molar-refractivity contribution in [2.24, 2.45) is 5.73 Å². The standard InChI is InChI=1S/C12H26N2OS/c1-11(4-9-16-3)14(2)12(10-13)5-7-15-8-6-12/h11H,4-10,13H2,1-3H3.